The molecule has 5 heteroatoms. The Labute approximate surface area is 118 Å². The van der Waals surface area contributed by atoms with Crippen LogP contribution in [0.2, 0.25) is 0 Å². The molecule has 0 aliphatic carbocycles. The van der Waals surface area contributed by atoms with E-state index in [4.69, 9.17) is 11.6 Å². The summed E-state index contributed by atoms with van der Waals surface area (Å²) in [5.74, 6) is 0.459. The Kier molecular flexibility index (Phi) is 7.28. The number of nitrogens with zero attached hydrogens (tertiary/aromatic N) is 1. The van der Waals surface area contributed by atoms with Crippen molar-refractivity contribution in [2.75, 3.05) is 0 Å². The third kappa shape index (κ3) is 5.83. The Morgan fingerprint density at radius 3 is 2.94 bits per heavy atom. The number of aromatic nitrogens is 1. The molecule has 0 bridgehead atoms. The first kappa shape index (κ1) is 15.4. The van der Waals surface area contributed by atoms with Crippen LogP contribution in [0.25, 0.3) is 0 Å². The van der Waals surface area contributed by atoms with Gasteiger partial charge in [-0.15, -0.1) is 22.9 Å². The summed E-state index contributed by atoms with van der Waals surface area (Å²) in [6, 6.07) is 0.247. The zero-order valence-electron chi connectivity index (χ0n) is 11.0. The predicted octanol–water partition coefficient (Wildman–Crippen LogP) is 3.51. The van der Waals surface area contributed by atoms with Gasteiger partial charge in [0, 0.05) is 11.4 Å². The minimum Gasteiger partial charge on any atom is -0.353 e. The summed E-state index contributed by atoms with van der Waals surface area (Å²) >= 11 is 7.17. The topological polar surface area (TPSA) is 42.0 Å². The lowest BCUT2D eigenvalue weighted by Crippen LogP contribution is -2.33. The molecular formula is C13H21ClN2OS. The molecule has 1 amide bonds. The van der Waals surface area contributed by atoms with Gasteiger partial charge in [-0.2, -0.15) is 0 Å². The normalized spacial score (nSPS) is 12.4. The highest BCUT2D eigenvalue weighted by Gasteiger charge is 2.10. The fourth-order valence-corrected chi connectivity index (χ4v) is 2.75. The quantitative estimate of drug-likeness (QED) is 0.587. The lowest BCUT2D eigenvalue weighted by atomic mass is 10.1. The number of amides is 1. The van der Waals surface area contributed by atoms with Crippen LogP contribution in [0.1, 0.15) is 50.2 Å². The van der Waals surface area contributed by atoms with Gasteiger partial charge in [0.15, 0.2) is 0 Å². The number of nitrogens with one attached hydrogen (secondary N) is 1. The average molecular weight is 289 g/mol. The van der Waals surface area contributed by atoms with Gasteiger partial charge in [0.05, 0.1) is 18.0 Å². The molecule has 0 radical (unpaired) electrons. The minimum atomic E-state index is 0.0504. The number of thiazole rings is 1. The molecule has 1 aromatic rings. The molecule has 0 fully saturated rings. The van der Waals surface area contributed by atoms with Gasteiger partial charge in [-0.25, -0.2) is 4.98 Å². The molecule has 1 N–H and O–H groups in total. The molecule has 0 saturated heterocycles. The van der Waals surface area contributed by atoms with Crippen molar-refractivity contribution < 1.29 is 4.79 Å². The van der Waals surface area contributed by atoms with Crippen molar-refractivity contribution in [1.29, 1.82) is 0 Å². The fourth-order valence-electron chi connectivity index (χ4n) is 1.73. The maximum Gasteiger partial charge on any atom is 0.227 e. The molecule has 1 atom stereocenters. The van der Waals surface area contributed by atoms with E-state index < -0.39 is 0 Å². The maximum atomic E-state index is 11.8. The minimum absolute atomic E-state index is 0.0504. The Bertz CT molecular complexity index is 368. The first-order chi connectivity index (χ1) is 8.65. The molecule has 0 aliphatic rings. The van der Waals surface area contributed by atoms with Crippen molar-refractivity contribution in [3.05, 3.63) is 16.1 Å². The van der Waals surface area contributed by atoms with Gasteiger partial charge < -0.3 is 5.32 Å². The van der Waals surface area contributed by atoms with Gasteiger partial charge in [0.1, 0.15) is 5.01 Å². The van der Waals surface area contributed by atoms with E-state index in [1.54, 1.807) is 0 Å². The standard InChI is InChI=1S/C13H21ClN2OS/c1-3-4-5-6-10(2)15-12(17)7-13-16-11(8-14)9-18-13/h9-10H,3-8H2,1-2H3,(H,15,17). The molecular weight excluding hydrogens is 268 g/mol. The number of carbonyl (C=O) groups excluding carboxylic acids is 1. The second-order valence-corrected chi connectivity index (χ2v) is 5.72. The summed E-state index contributed by atoms with van der Waals surface area (Å²) < 4.78 is 0. The third-order valence-corrected chi connectivity index (χ3v) is 3.87. The van der Waals surface area contributed by atoms with Crippen molar-refractivity contribution in [2.45, 2.75) is 57.9 Å². The van der Waals surface area contributed by atoms with Crippen LogP contribution in [-0.2, 0) is 17.1 Å². The van der Waals surface area contributed by atoms with Crippen LogP contribution in [0.4, 0.5) is 0 Å². The Hall–Kier alpha value is -0.610. The van der Waals surface area contributed by atoms with Crippen LogP contribution in [0.15, 0.2) is 5.38 Å². The first-order valence-corrected chi connectivity index (χ1v) is 7.85. The highest BCUT2D eigenvalue weighted by molar-refractivity contribution is 7.09. The van der Waals surface area contributed by atoms with Gasteiger partial charge in [-0.3, -0.25) is 4.79 Å². The highest BCUT2D eigenvalue weighted by Crippen LogP contribution is 2.12. The molecule has 1 aromatic heterocycles. The summed E-state index contributed by atoms with van der Waals surface area (Å²) in [6.45, 7) is 4.24. The predicted molar refractivity (Wildman–Crippen MR) is 77.1 cm³/mol. The number of alkyl halides is 1. The summed E-state index contributed by atoms with van der Waals surface area (Å²) in [7, 11) is 0. The smallest absolute Gasteiger partial charge is 0.227 e. The molecule has 0 aromatic carbocycles. The summed E-state index contributed by atoms with van der Waals surface area (Å²) in [6.07, 6.45) is 5.02. The number of unbranched alkanes of at least 4 members (excludes halogenated alkanes) is 2. The van der Waals surface area contributed by atoms with Crippen LogP contribution in [0, 0.1) is 0 Å². The Morgan fingerprint density at radius 1 is 1.56 bits per heavy atom. The van der Waals surface area contributed by atoms with E-state index in [0.29, 0.717) is 12.3 Å². The maximum absolute atomic E-state index is 11.8. The first-order valence-electron chi connectivity index (χ1n) is 6.44. The number of halogens is 1. The van der Waals surface area contributed by atoms with Gasteiger partial charge in [0.25, 0.3) is 0 Å². The number of rotatable bonds is 8. The van der Waals surface area contributed by atoms with Crippen LogP contribution in [0.5, 0.6) is 0 Å². The number of carbonyl (C=O) groups is 1. The zero-order valence-corrected chi connectivity index (χ0v) is 12.6. The van der Waals surface area contributed by atoms with Gasteiger partial charge >= 0.3 is 0 Å². The highest BCUT2D eigenvalue weighted by atomic mass is 35.5. The van der Waals surface area contributed by atoms with E-state index in [1.807, 2.05) is 5.38 Å². The molecule has 1 rings (SSSR count). The largest absolute Gasteiger partial charge is 0.353 e. The lowest BCUT2D eigenvalue weighted by molar-refractivity contribution is -0.121. The monoisotopic (exact) mass is 288 g/mol. The Morgan fingerprint density at radius 2 is 2.33 bits per heavy atom. The molecule has 102 valence electrons. The SMILES string of the molecule is CCCCCC(C)NC(=O)Cc1nc(CCl)cs1. The van der Waals surface area contributed by atoms with Crippen molar-refractivity contribution in [3.63, 3.8) is 0 Å². The van der Waals surface area contributed by atoms with Crippen LogP contribution >= 0.6 is 22.9 Å². The van der Waals surface area contributed by atoms with E-state index >= 15 is 0 Å². The van der Waals surface area contributed by atoms with Gasteiger partial charge in [0.2, 0.25) is 5.91 Å². The zero-order chi connectivity index (χ0) is 13.4. The second kappa shape index (κ2) is 8.48. The van der Waals surface area contributed by atoms with Crippen LogP contribution in [0.3, 0.4) is 0 Å². The summed E-state index contributed by atoms with van der Waals surface area (Å²) in [4.78, 5) is 16.1. The van der Waals surface area contributed by atoms with Crippen molar-refractivity contribution in [1.82, 2.24) is 10.3 Å². The van der Waals surface area contributed by atoms with Crippen LogP contribution in [-0.4, -0.2) is 16.9 Å². The second-order valence-electron chi connectivity index (χ2n) is 4.51. The molecule has 1 unspecified atom stereocenters. The average Bonchev–Trinajstić information content (AvgIpc) is 2.76. The third-order valence-electron chi connectivity index (χ3n) is 2.70. The molecule has 0 saturated carbocycles. The summed E-state index contributed by atoms with van der Waals surface area (Å²) in [5, 5.41) is 5.75. The van der Waals surface area contributed by atoms with E-state index in [0.717, 1.165) is 17.1 Å². The van der Waals surface area contributed by atoms with Gasteiger partial charge in [-0.05, 0) is 13.3 Å². The number of hydrogen-bond acceptors (Lipinski definition) is 3. The number of hydrogen-bond donors (Lipinski definition) is 1. The van der Waals surface area contributed by atoms with E-state index in [1.165, 1.54) is 30.6 Å². The van der Waals surface area contributed by atoms with Gasteiger partial charge in [-0.1, -0.05) is 26.2 Å². The van der Waals surface area contributed by atoms with Crippen molar-refractivity contribution in [3.8, 4) is 0 Å². The van der Waals surface area contributed by atoms with E-state index in [-0.39, 0.29) is 11.9 Å². The fraction of sp³-hybridized carbons (Fsp3) is 0.692. The van der Waals surface area contributed by atoms with Crippen molar-refractivity contribution >= 4 is 28.8 Å². The molecule has 3 nitrogen and oxygen atoms in total. The van der Waals surface area contributed by atoms with Crippen LogP contribution < -0.4 is 5.32 Å². The van der Waals surface area contributed by atoms with E-state index in [9.17, 15) is 4.79 Å². The Balaban J connectivity index is 2.28. The molecule has 18 heavy (non-hydrogen) atoms. The molecule has 0 spiro atoms. The summed E-state index contributed by atoms with van der Waals surface area (Å²) in [5.41, 5.74) is 0.848. The molecule has 0 aliphatic heterocycles. The lowest BCUT2D eigenvalue weighted by Gasteiger charge is -2.12. The van der Waals surface area contributed by atoms with E-state index in [2.05, 4.69) is 24.1 Å². The molecule has 1 heterocycles. The van der Waals surface area contributed by atoms with Crippen molar-refractivity contribution in [2.24, 2.45) is 0 Å².